The minimum Gasteiger partial charge on any atom is -0.481 e. The third kappa shape index (κ3) is 4.82. The molecule has 0 bridgehead atoms. The fourth-order valence-electron chi connectivity index (χ4n) is 2.36. The maximum atomic E-state index is 12.2. The Labute approximate surface area is 132 Å². The van der Waals surface area contributed by atoms with E-state index in [2.05, 4.69) is 15.9 Å². The van der Waals surface area contributed by atoms with Gasteiger partial charge >= 0.3 is 5.97 Å². The van der Waals surface area contributed by atoms with Crippen LogP contribution in [0.1, 0.15) is 18.4 Å². The summed E-state index contributed by atoms with van der Waals surface area (Å²) in [6.45, 7) is 1.30. The van der Waals surface area contributed by atoms with E-state index in [-0.39, 0.29) is 12.3 Å². The predicted octanol–water partition coefficient (Wildman–Crippen LogP) is 2.08. The highest BCUT2D eigenvalue weighted by atomic mass is 79.9. The highest BCUT2D eigenvalue weighted by Gasteiger charge is 2.25. The number of aliphatic carboxylic acids is 1. The summed E-state index contributed by atoms with van der Waals surface area (Å²) in [5.41, 5.74) is 1.10. The van der Waals surface area contributed by atoms with Crippen molar-refractivity contribution < 1.29 is 19.4 Å². The van der Waals surface area contributed by atoms with Crippen molar-refractivity contribution in [2.45, 2.75) is 25.4 Å². The van der Waals surface area contributed by atoms with Crippen molar-refractivity contribution in [1.29, 1.82) is 0 Å². The van der Waals surface area contributed by atoms with Gasteiger partial charge < -0.3 is 14.7 Å². The zero-order valence-corrected chi connectivity index (χ0v) is 13.2. The number of carboxylic acid groups (broad SMARTS) is 1. The molecule has 1 fully saturated rings. The summed E-state index contributed by atoms with van der Waals surface area (Å²) < 4.78 is 6.37. The molecule has 5 nitrogen and oxygen atoms in total. The van der Waals surface area contributed by atoms with Gasteiger partial charge in [-0.25, -0.2) is 0 Å². The first-order chi connectivity index (χ1) is 10.1. The van der Waals surface area contributed by atoms with Gasteiger partial charge in [-0.1, -0.05) is 34.1 Å². The lowest BCUT2D eigenvalue weighted by Gasteiger charge is -2.32. The van der Waals surface area contributed by atoms with E-state index in [0.717, 1.165) is 10.0 Å². The van der Waals surface area contributed by atoms with Gasteiger partial charge in [0.05, 0.1) is 19.1 Å². The molecule has 114 valence electrons. The van der Waals surface area contributed by atoms with Gasteiger partial charge in [0.1, 0.15) is 0 Å². The highest BCUT2D eigenvalue weighted by Crippen LogP contribution is 2.18. The second-order valence-electron chi connectivity index (χ2n) is 5.02. The standard InChI is InChI=1S/C15H18BrNO4/c16-13-4-2-1-3-11(13)5-6-14(18)17-7-8-21-12(10-17)9-15(19)20/h1-4,12H,5-10H2,(H,19,20). The number of hydrogen-bond donors (Lipinski definition) is 1. The zero-order chi connectivity index (χ0) is 15.2. The molecule has 0 aromatic heterocycles. The number of carbonyl (C=O) groups excluding carboxylic acids is 1. The summed E-state index contributed by atoms with van der Waals surface area (Å²) in [4.78, 5) is 24.6. The van der Waals surface area contributed by atoms with Crippen LogP contribution in [0.25, 0.3) is 0 Å². The number of carboxylic acids is 1. The van der Waals surface area contributed by atoms with E-state index in [9.17, 15) is 9.59 Å². The van der Waals surface area contributed by atoms with Crippen LogP contribution >= 0.6 is 15.9 Å². The average Bonchev–Trinajstić information content (AvgIpc) is 2.45. The van der Waals surface area contributed by atoms with Gasteiger partial charge in [-0.3, -0.25) is 9.59 Å². The molecule has 1 amide bonds. The molecule has 2 rings (SSSR count). The largest absolute Gasteiger partial charge is 0.481 e. The quantitative estimate of drug-likeness (QED) is 0.877. The van der Waals surface area contributed by atoms with E-state index in [0.29, 0.717) is 32.5 Å². The minimum absolute atomic E-state index is 0.0458. The van der Waals surface area contributed by atoms with Crippen molar-refractivity contribution in [3.63, 3.8) is 0 Å². The normalized spacial score (nSPS) is 18.5. The Kier molecular flexibility index (Phi) is 5.76. The highest BCUT2D eigenvalue weighted by molar-refractivity contribution is 9.10. The molecule has 1 aromatic rings. The van der Waals surface area contributed by atoms with Gasteiger partial charge in [0.2, 0.25) is 5.91 Å². The Hall–Kier alpha value is -1.40. The summed E-state index contributed by atoms with van der Waals surface area (Å²) in [7, 11) is 0. The molecule has 1 aliphatic heterocycles. The van der Waals surface area contributed by atoms with Crippen LogP contribution in [0, 0.1) is 0 Å². The maximum Gasteiger partial charge on any atom is 0.306 e. The van der Waals surface area contributed by atoms with Crippen LogP contribution in [0.4, 0.5) is 0 Å². The van der Waals surface area contributed by atoms with Crippen LogP contribution in [0.5, 0.6) is 0 Å². The number of nitrogens with zero attached hydrogens (tertiary/aromatic N) is 1. The van der Waals surface area contributed by atoms with Gasteiger partial charge in [-0.2, -0.15) is 0 Å². The smallest absolute Gasteiger partial charge is 0.306 e. The number of aryl methyl sites for hydroxylation is 1. The Morgan fingerprint density at radius 3 is 2.86 bits per heavy atom. The molecule has 1 unspecified atom stereocenters. The SMILES string of the molecule is O=C(O)CC1CN(C(=O)CCc2ccccc2Br)CCO1. The molecule has 1 aliphatic rings. The summed E-state index contributed by atoms with van der Waals surface area (Å²) in [5, 5.41) is 8.78. The van der Waals surface area contributed by atoms with Gasteiger partial charge in [0, 0.05) is 24.0 Å². The first-order valence-electron chi connectivity index (χ1n) is 6.91. The van der Waals surface area contributed by atoms with Crippen molar-refractivity contribution in [1.82, 2.24) is 4.90 Å². The molecule has 21 heavy (non-hydrogen) atoms. The molecular formula is C15H18BrNO4. The lowest BCUT2D eigenvalue weighted by Crippen LogP contribution is -2.46. The predicted molar refractivity (Wildman–Crippen MR) is 81.0 cm³/mol. The second kappa shape index (κ2) is 7.56. The Morgan fingerprint density at radius 2 is 2.14 bits per heavy atom. The van der Waals surface area contributed by atoms with E-state index in [1.54, 1.807) is 4.90 Å². The van der Waals surface area contributed by atoms with E-state index >= 15 is 0 Å². The van der Waals surface area contributed by atoms with E-state index in [1.807, 2.05) is 24.3 Å². The van der Waals surface area contributed by atoms with Crippen molar-refractivity contribution in [2.24, 2.45) is 0 Å². The van der Waals surface area contributed by atoms with Crippen LogP contribution in [0.3, 0.4) is 0 Å². The van der Waals surface area contributed by atoms with Crippen LogP contribution in [-0.4, -0.2) is 47.7 Å². The van der Waals surface area contributed by atoms with Crippen molar-refractivity contribution in [3.8, 4) is 0 Å². The number of carbonyl (C=O) groups is 2. The van der Waals surface area contributed by atoms with E-state index < -0.39 is 12.1 Å². The molecule has 1 saturated heterocycles. The third-order valence-corrected chi connectivity index (χ3v) is 4.23. The fourth-order valence-corrected chi connectivity index (χ4v) is 2.85. The monoisotopic (exact) mass is 355 g/mol. The van der Waals surface area contributed by atoms with Crippen LogP contribution in [0.2, 0.25) is 0 Å². The second-order valence-corrected chi connectivity index (χ2v) is 5.88. The maximum absolute atomic E-state index is 12.2. The van der Waals surface area contributed by atoms with Gasteiger partial charge in [0.15, 0.2) is 0 Å². The number of rotatable bonds is 5. The molecule has 0 radical (unpaired) electrons. The van der Waals surface area contributed by atoms with Crippen molar-refractivity contribution >= 4 is 27.8 Å². The molecular weight excluding hydrogens is 338 g/mol. The summed E-state index contributed by atoms with van der Waals surface area (Å²) in [6, 6.07) is 7.83. The molecule has 1 atom stereocenters. The molecule has 6 heteroatoms. The van der Waals surface area contributed by atoms with Gasteiger partial charge in [-0.05, 0) is 18.1 Å². The minimum atomic E-state index is -0.900. The molecule has 1 aromatic carbocycles. The first kappa shape index (κ1) is 16.0. The number of morpholine rings is 1. The molecule has 0 aliphatic carbocycles. The van der Waals surface area contributed by atoms with Crippen LogP contribution in [0.15, 0.2) is 28.7 Å². The van der Waals surface area contributed by atoms with Crippen molar-refractivity contribution in [2.75, 3.05) is 19.7 Å². The summed E-state index contributed by atoms with van der Waals surface area (Å²) in [6.07, 6.45) is 0.626. The van der Waals surface area contributed by atoms with Gasteiger partial charge in [0.25, 0.3) is 0 Å². The zero-order valence-electron chi connectivity index (χ0n) is 11.6. The number of halogens is 1. The number of ether oxygens (including phenoxy) is 1. The molecule has 0 saturated carbocycles. The average molecular weight is 356 g/mol. The number of hydrogen-bond acceptors (Lipinski definition) is 3. The summed E-state index contributed by atoms with van der Waals surface area (Å²) in [5.74, 6) is -0.855. The number of amides is 1. The Morgan fingerprint density at radius 1 is 1.38 bits per heavy atom. The molecule has 0 spiro atoms. The Balaban J connectivity index is 1.85. The first-order valence-corrected chi connectivity index (χ1v) is 7.70. The fraction of sp³-hybridized carbons (Fsp3) is 0.467. The third-order valence-electron chi connectivity index (χ3n) is 3.46. The van der Waals surface area contributed by atoms with E-state index in [1.165, 1.54) is 0 Å². The van der Waals surface area contributed by atoms with Crippen LogP contribution < -0.4 is 0 Å². The topological polar surface area (TPSA) is 66.8 Å². The summed E-state index contributed by atoms with van der Waals surface area (Å²) >= 11 is 3.47. The number of benzene rings is 1. The van der Waals surface area contributed by atoms with Gasteiger partial charge in [-0.15, -0.1) is 0 Å². The van der Waals surface area contributed by atoms with E-state index in [4.69, 9.17) is 9.84 Å². The lowest BCUT2D eigenvalue weighted by atomic mass is 10.1. The van der Waals surface area contributed by atoms with Crippen molar-refractivity contribution in [3.05, 3.63) is 34.3 Å². The molecule has 1 N–H and O–H groups in total. The molecule has 1 heterocycles. The lowest BCUT2D eigenvalue weighted by molar-refractivity contribution is -0.147. The Bertz CT molecular complexity index is 520. The van der Waals surface area contributed by atoms with Crippen LogP contribution in [-0.2, 0) is 20.7 Å².